The lowest BCUT2D eigenvalue weighted by atomic mass is 9.99. The third-order valence-electron chi connectivity index (χ3n) is 4.12. The molecule has 2 heterocycles. The van der Waals surface area contributed by atoms with Crippen molar-refractivity contribution in [3.8, 4) is 11.5 Å². The zero-order chi connectivity index (χ0) is 17.5. The predicted octanol–water partition coefficient (Wildman–Crippen LogP) is 0.0495. The Hall–Kier alpha value is -1.64. The minimum Gasteiger partial charge on any atom is -0.483 e. The van der Waals surface area contributed by atoms with E-state index >= 15 is 0 Å². The van der Waals surface area contributed by atoms with Crippen molar-refractivity contribution in [3.05, 3.63) is 29.8 Å². The number of aliphatic hydroxyl groups is 4. The number of aliphatic hydroxyl groups excluding tert-OH is 4. The fourth-order valence-corrected chi connectivity index (χ4v) is 2.72. The lowest BCUT2D eigenvalue weighted by molar-refractivity contribution is -0.277. The second-order valence-electron chi connectivity index (χ2n) is 6.55. The molecule has 3 rings (SSSR count). The highest BCUT2D eigenvalue weighted by molar-refractivity contribution is 5.62. The summed E-state index contributed by atoms with van der Waals surface area (Å²) in [5.41, 5.74) is 0.463. The Morgan fingerprint density at radius 3 is 2.58 bits per heavy atom. The Kier molecular flexibility index (Phi) is 4.54. The summed E-state index contributed by atoms with van der Waals surface area (Å²) in [7, 11) is 0. The van der Waals surface area contributed by atoms with Crippen LogP contribution in [0.3, 0.4) is 0 Å². The van der Waals surface area contributed by atoms with Crippen LogP contribution < -0.4 is 9.47 Å². The third kappa shape index (κ3) is 3.26. The van der Waals surface area contributed by atoms with E-state index in [1.807, 2.05) is 26.0 Å². The molecule has 2 aliphatic rings. The highest BCUT2D eigenvalue weighted by Crippen LogP contribution is 2.34. The quantitative estimate of drug-likeness (QED) is 0.617. The molecule has 0 amide bonds. The van der Waals surface area contributed by atoms with Crippen LogP contribution in [0.15, 0.2) is 24.3 Å². The van der Waals surface area contributed by atoms with Crippen LogP contribution in [0.2, 0.25) is 0 Å². The molecule has 0 unspecified atom stereocenters. The summed E-state index contributed by atoms with van der Waals surface area (Å²) in [6, 6.07) is 5.16. The topological polar surface area (TPSA) is 109 Å². The first-order valence-electron chi connectivity index (χ1n) is 7.80. The normalized spacial score (nSPS) is 34.3. The molecule has 0 radical (unpaired) electrons. The molecular formula is C17H22O7. The summed E-state index contributed by atoms with van der Waals surface area (Å²) in [5.74, 6) is 1.01. The van der Waals surface area contributed by atoms with Gasteiger partial charge in [-0.2, -0.15) is 0 Å². The molecule has 0 aromatic heterocycles. The summed E-state index contributed by atoms with van der Waals surface area (Å²) in [4.78, 5) is 0. The second kappa shape index (κ2) is 6.34. The van der Waals surface area contributed by atoms with Crippen LogP contribution in [0, 0.1) is 0 Å². The van der Waals surface area contributed by atoms with Crippen molar-refractivity contribution in [2.45, 2.75) is 50.2 Å². The molecule has 0 spiro atoms. The Morgan fingerprint density at radius 1 is 1.12 bits per heavy atom. The van der Waals surface area contributed by atoms with Gasteiger partial charge in [-0.25, -0.2) is 0 Å². The molecule has 0 aliphatic carbocycles. The van der Waals surface area contributed by atoms with Gasteiger partial charge < -0.3 is 34.6 Å². The fraction of sp³-hybridized carbons (Fsp3) is 0.529. The molecule has 7 nitrogen and oxygen atoms in total. The average Bonchev–Trinajstić information content (AvgIpc) is 2.54. The first-order valence-corrected chi connectivity index (χ1v) is 7.80. The van der Waals surface area contributed by atoms with Gasteiger partial charge in [-0.1, -0.05) is 6.08 Å². The summed E-state index contributed by atoms with van der Waals surface area (Å²) in [6.45, 7) is 3.35. The Morgan fingerprint density at radius 2 is 1.88 bits per heavy atom. The minimum absolute atomic E-state index is 0.379. The van der Waals surface area contributed by atoms with Crippen LogP contribution in [-0.2, 0) is 4.74 Å². The van der Waals surface area contributed by atoms with Crippen LogP contribution in [0.4, 0.5) is 0 Å². The molecule has 1 saturated heterocycles. The molecule has 24 heavy (non-hydrogen) atoms. The first kappa shape index (κ1) is 17.2. The van der Waals surface area contributed by atoms with Gasteiger partial charge in [0.25, 0.3) is 0 Å². The van der Waals surface area contributed by atoms with Gasteiger partial charge in [0.2, 0.25) is 6.29 Å². The van der Waals surface area contributed by atoms with E-state index in [4.69, 9.17) is 14.2 Å². The largest absolute Gasteiger partial charge is 0.483 e. The van der Waals surface area contributed by atoms with Gasteiger partial charge in [-0.3, -0.25) is 0 Å². The van der Waals surface area contributed by atoms with Crippen molar-refractivity contribution in [1.82, 2.24) is 0 Å². The first-order chi connectivity index (χ1) is 11.3. The maximum absolute atomic E-state index is 10.0. The van der Waals surface area contributed by atoms with Gasteiger partial charge in [0.15, 0.2) is 0 Å². The van der Waals surface area contributed by atoms with E-state index < -0.39 is 42.9 Å². The van der Waals surface area contributed by atoms with Crippen LogP contribution in [0.25, 0.3) is 6.08 Å². The van der Waals surface area contributed by atoms with Crippen molar-refractivity contribution >= 4 is 6.08 Å². The lowest BCUT2D eigenvalue weighted by Gasteiger charge is -2.39. The van der Waals surface area contributed by atoms with E-state index in [1.165, 1.54) is 0 Å². The third-order valence-corrected chi connectivity index (χ3v) is 4.12. The van der Waals surface area contributed by atoms with Crippen molar-refractivity contribution in [1.29, 1.82) is 0 Å². The highest BCUT2D eigenvalue weighted by atomic mass is 16.7. The van der Waals surface area contributed by atoms with E-state index in [1.54, 1.807) is 18.2 Å². The van der Waals surface area contributed by atoms with Crippen molar-refractivity contribution in [2.24, 2.45) is 0 Å². The van der Waals surface area contributed by atoms with Crippen LogP contribution in [0.1, 0.15) is 19.4 Å². The van der Waals surface area contributed by atoms with E-state index in [9.17, 15) is 20.4 Å². The van der Waals surface area contributed by atoms with Gasteiger partial charge in [-0.05, 0) is 32.1 Å². The molecule has 2 aliphatic heterocycles. The number of fused-ring (bicyclic) bond motifs is 1. The number of benzene rings is 1. The van der Waals surface area contributed by atoms with E-state index in [0.29, 0.717) is 11.5 Å². The number of hydrogen-bond acceptors (Lipinski definition) is 7. The summed E-state index contributed by atoms with van der Waals surface area (Å²) in [6.07, 6.45) is -2.66. The van der Waals surface area contributed by atoms with Gasteiger partial charge >= 0.3 is 0 Å². The number of ether oxygens (including phenoxy) is 3. The number of rotatable bonds is 3. The van der Waals surface area contributed by atoms with E-state index in [-0.39, 0.29) is 0 Å². The average molecular weight is 338 g/mol. The monoisotopic (exact) mass is 338 g/mol. The van der Waals surface area contributed by atoms with Crippen LogP contribution in [0.5, 0.6) is 11.5 Å². The SMILES string of the molecule is CC1(C)C=Cc2ccc(O[C@@H]3O[C@H](CO)[C@@H](O)[C@H](O)[C@H]3O)cc2O1. The van der Waals surface area contributed by atoms with Crippen molar-refractivity contribution in [3.63, 3.8) is 0 Å². The smallest absolute Gasteiger partial charge is 0.229 e. The maximum Gasteiger partial charge on any atom is 0.229 e. The molecule has 1 fully saturated rings. The Bertz CT molecular complexity index is 625. The van der Waals surface area contributed by atoms with Crippen molar-refractivity contribution in [2.75, 3.05) is 6.61 Å². The van der Waals surface area contributed by atoms with E-state index in [0.717, 1.165) is 5.56 Å². The molecule has 132 valence electrons. The number of hydrogen-bond donors (Lipinski definition) is 4. The van der Waals surface area contributed by atoms with Crippen LogP contribution >= 0.6 is 0 Å². The highest BCUT2D eigenvalue weighted by Gasteiger charge is 2.44. The molecule has 1 aromatic carbocycles. The second-order valence-corrected chi connectivity index (χ2v) is 6.55. The Labute approximate surface area is 139 Å². The van der Waals surface area contributed by atoms with Gasteiger partial charge in [0.05, 0.1) is 6.61 Å². The maximum atomic E-state index is 10.0. The molecule has 7 heteroatoms. The molecular weight excluding hydrogens is 316 g/mol. The minimum atomic E-state index is -1.48. The van der Waals surface area contributed by atoms with Crippen molar-refractivity contribution < 1.29 is 34.6 Å². The Balaban J connectivity index is 1.78. The summed E-state index contributed by atoms with van der Waals surface area (Å²) >= 11 is 0. The lowest BCUT2D eigenvalue weighted by Crippen LogP contribution is -2.60. The molecule has 4 N–H and O–H groups in total. The van der Waals surface area contributed by atoms with Gasteiger partial charge in [0.1, 0.15) is 41.5 Å². The standard InChI is InChI=1S/C17H22O7/c1-17(2)6-5-9-3-4-10(7-11(9)24-17)22-16-15(21)14(20)13(19)12(8-18)23-16/h3-7,12-16,18-21H,8H2,1-2H3/t12-,13-,14+,15-,16-/m1/s1. The van der Waals surface area contributed by atoms with Gasteiger partial charge in [0, 0.05) is 11.6 Å². The van der Waals surface area contributed by atoms with E-state index in [2.05, 4.69) is 0 Å². The molecule has 0 bridgehead atoms. The van der Waals surface area contributed by atoms with Gasteiger partial charge in [-0.15, -0.1) is 0 Å². The fourth-order valence-electron chi connectivity index (χ4n) is 2.72. The zero-order valence-electron chi connectivity index (χ0n) is 13.5. The summed E-state index contributed by atoms with van der Waals surface area (Å²) < 4.78 is 16.8. The summed E-state index contributed by atoms with van der Waals surface area (Å²) in [5, 5.41) is 38.8. The molecule has 0 saturated carbocycles. The zero-order valence-corrected chi connectivity index (χ0v) is 13.5. The molecule has 5 atom stereocenters. The predicted molar refractivity (Wildman–Crippen MR) is 84.6 cm³/mol. The molecule has 1 aromatic rings. The van der Waals surface area contributed by atoms with Crippen LogP contribution in [-0.4, -0.2) is 63.3 Å².